The predicted molar refractivity (Wildman–Crippen MR) is 67.6 cm³/mol. The smallest absolute Gasteiger partial charge is 0.248 e. The second-order valence-electron chi connectivity index (χ2n) is 3.55. The van der Waals surface area contributed by atoms with Crippen LogP contribution in [0.4, 0.5) is 23.3 Å². The number of nitrogens with one attached hydrogen (secondary N) is 2. The molecule has 0 aliphatic carbocycles. The van der Waals surface area contributed by atoms with Crippen molar-refractivity contribution in [3.05, 3.63) is 18.2 Å². The van der Waals surface area contributed by atoms with Crippen LogP contribution in [0.15, 0.2) is 18.2 Å². The van der Waals surface area contributed by atoms with Crippen LogP contribution in [-0.4, -0.2) is 34.4 Å². The summed E-state index contributed by atoms with van der Waals surface area (Å²) in [6, 6.07) is 5.01. The SMILES string of the molecule is CON(C)c1ccc(Nc2n[nH]c(N)n2)cc1O. The monoisotopic (exact) mass is 250 g/mol. The fourth-order valence-corrected chi connectivity index (χ4v) is 1.43. The fourth-order valence-electron chi connectivity index (χ4n) is 1.43. The van der Waals surface area contributed by atoms with E-state index in [9.17, 15) is 5.11 Å². The number of hydrogen-bond acceptors (Lipinski definition) is 7. The van der Waals surface area contributed by atoms with Crippen LogP contribution < -0.4 is 16.1 Å². The molecule has 0 amide bonds. The van der Waals surface area contributed by atoms with Crippen LogP contribution in [0.1, 0.15) is 0 Å². The van der Waals surface area contributed by atoms with Crippen LogP contribution >= 0.6 is 0 Å². The number of phenolic OH excluding ortho intramolecular Hbond substituents is 1. The van der Waals surface area contributed by atoms with Crippen molar-refractivity contribution < 1.29 is 9.94 Å². The molecule has 0 spiro atoms. The number of nitrogen functional groups attached to an aromatic ring is 1. The van der Waals surface area contributed by atoms with Crippen LogP contribution in [0, 0.1) is 0 Å². The summed E-state index contributed by atoms with van der Waals surface area (Å²) in [7, 11) is 3.21. The maximum absolute atomic E-state index is 9.84. The van der Waals surface area contributed by atoms with E-state index in [4.69, 9.17) is 10.6 Å². The molecule has 0 fully saturated rings. The highest BCUT2D eigenvalue weighted by Crippen LogP contribution is 2.30. The van der Waals surface area contributed by atoms with Crippen molar-refractivity contribution in [2.75, 3.05) is 30.3 Å². The van der Waals surface area contributed by atoms with Gasteiger partial charge >= 0.3 is 0 Å². The van der Waals surface area contributed by atoms with Gasteiger partial charge in [0, 0.05) is 18.8 Å². The number of hydroxylamine groups is 1. The number of nitrogens with zero attached hydrogens (tertiary/aromatic N) is 3. The summed E-state index contributed by atoms with van der Waals surface area (Å²) in [6.07, 6.45) is 0. The van der Waals surface area contributed by atoms with Crippen molar-refractivity contribution >= 4 is 23.3 Å². The minimum atomic E-state index is 0.0767. The van der Waals surface area contributed by atoms with Gasteiger partial charge in [0.15, 0.2) is 0 Å². The van der Waals surface area contributed by atoms with Crippen molar-refractivity contribution in [2.45, 2.75) is 0 Å². The topological polar surface area (TPSA) is 112 Å². The summed E-state index contributed by atoms with van der Waals surface area (Å²) in [6.45, 7) is 0. The molecular weight excluding hydrogens is 236 g/mol. The second-order valence-corrected chi connectivity index (χ2v) is 3.55. The summed E-state index contributed by atoms with van der Waals surface area (Å²) in [4.78, 5) is 8.88. The third-order valence-corrected chi connectivity index (χ3v) is 2.35. The highest BCUT2D eigenvalue weighted by atomic mass is 16.7. The van der Waals surface area contributed by atoms with E-state index in [0.29, 0.717) is 17.3 Å². The van der Waals surface area contributed by atoms with Gasteiger partial charge in [0.25, 0.3) is 0 Å². The second kappa shape index (κ2) is 4.80. The van der Waals surface area contributed by atoms with Gasteiger partial charge in [-0.05, 0) is 12.1 Å². The van der Waals surface area contributed by atoms with E-state index in [-0.39, 0.29) is 11.7 Å². The lowest BCUT2D eigenvalue weighted by molar-refractivity contribution is 0.183. The number of rotatable bonds is 4. The van der Waals surface area contributed by atoms with Crippen molar-refractivity contribution in [3.8, 4) is 5.75 Å². The maximum atomic E-state index is 9.84. The standard InChI is InChI=1S/C10H14N6O2/c1-16(18-2)7-4-3-6(5-8(7)17)12-10-13-9(11)14-15-10/h3-5,17H,1-2H3,(H4,11,12,13,14,15). The molecule has 18 heavy (non-hydrogen) atoms. The zero-order chi connectivity index (χ0) is 13.1. The number of benzene rings is 1. The quantitative estimate of drug-likeness (QED) is 0.594. The Hall–Kier alpha value is -2.48. The zero-order valence-corrected chi connectivity index (χ0v) is 10.0. The van der Waals surface area contributed by atoms with Gasteiger partial charge in [-0.15, -0.1) is 5.10 Å². The highest BCUT2D eigenvalue weighted by molar-refractivity contribution is 5.65. The first kappa shape index (κ1) is 12.0. The largest absolute Gasteiger partial charge is 0.506 e. The van der Waals surface area contributed by atoms with Crippen LogP contribution in [0.25, 0.3) is 0 Å². The van der Waals surface area contributed by atoms with E-state index in [1.54, 1.807) is 19.2 Å². The lowest BCUT2D eigenvalue weighted by Crippen LogP contribution is -2.14. The van der Waals surface area contributed by atoms with E-state index >= 15 is 0 Å². The number of H-pyrrole nitrogens is 1. The molecule has 1 aromatic carbocycles. The van der Waals surface area contributed by atoms with Gasteiger partial charge in [-0.2, -0.15) is 4.98 Å². The molecule has 0 bridgehead atoms. The van der Waals surface area contributed by atoms with Crippen molar-refractivity contribution in [1.29, 1.82) is 0 Å². The minimum absolute atomic E-state index is 0.0767. The highest BCUT2D eigenvalue weighted by Gasteiger charge is 2.08. The first-order valence-corrected chi connectivity index (χ1v) is 5.16. The van der Waals surface area contributed by atoms with Crippen molar-refractivity contribution in [3.63, 3.8) is 0 Å². The molecule has 8 heteroatoms. The van der Waals surface area contributed by atoms with E-state index in [1.807, 2.05) is 0 Å². The number of phenols is 1. The van der Waals surface area contributed by atoms with E-state index in [2.05, 4.69) is 20.5 Å². The zero-order valence-electron chi connectivity index (χ0n) is 10.0. The molecule has 0 aliphatic rings. The summed E-state index contributed by atoms with van der Waals surface area (Å²) in [5, 5.41) is 20.5. The maximum Gasteiger partial charge on any atom is 0.248 e. The van der Waals surface area contributed by atoms with E-state index in [0.717, 1.165) is 0 Å². The van der Waals surface area contributed by atoms with Crippen LogP contribution in [0.5, 0.6) is 5.75 Å². The number of aromatic nitrogens is 3. The van der Waals surface area contributed by atoms with Gasteiger partial charge in [-0.25, -0.2) is 5.10 Å². The number of hydrogen-bond donors (Lipinski definition) is 4. The van der Waals surface area contributed by atoms with Crippen LogP contribution in [0.3, 0.4) is 0 Å². The van der Waals surface area contributed by atoms with Gasteiger partial charge < -0.3 is 16.2 Å². The molecule has 0 unspecified atom stereocenters. The van der Waals surface area contributed by atoms with Crippen LogP contribution in [-0.2, 0) is 4.84 Å². The van der Waals surface area contributed by atoms with Gasteiger partial charge in [-0.1, -0.05) is 0 Å². The third kappa shape index (κ3) is 2.43. The molecule has 1 aromatic heterocycles. The van der Waals surface area contributed by atoms with Crippen molar-refractivity contribution in [1.82, 2.24) is 15.2 Å². The van der Waals surface area contributed by atoms with Gasteiger partial charge in [0.05, 0.1) is 7.11 Å². The lowest BCUT2D eigenvalue weighted by atomic mass is 10.2. The first-order valence-electron chi connectivity index (χ1n) is 5.16. The average Bonchev–Trinajstić information content (AvgIpc) is 2.74. The number of aromatic amines is 1. The van der Waals surface area contributed by atoms with E-state index in [1.165, 1.54) is 18.2 Å². The Balaban J connectivity index is 2.18. The Labute approximate surface area is 103 Å². The molecule has 0 saturated heterocycles. The Morgan fingerprint density at radius 2 is 2.28 bits per heavy atom. The summed E-state index contributed by atoms with van der Waals surface area (Å²) in [5.41, 5.74) is 6.59. The molecule has 5 N–H and O–H groups in total. The molecule has 8 nitrogen and oxygen atoms in total. The van der Waals surface area contributed by atoms with Gasteiger partial charge in [0.1, 0.15) is 11.4 Å². The number of nitrogens with two attached hydrogens (primary N) is 1. The number of aromatic hydroxyl groups is 1. The lowest BCUT2D eigenvalue weighted by Gasteiger charge is -2.17. The first-order chi connectivity index (χ1) is 8.60. The Morgan fingerprint density at radius 3 is 2.83 bits per heavy atom. The summed E-state index contributed by atoms with van der Waals surface area (Å²) in [5.74, 6) is 0.630. The molecule has 96 valence electrons. The fraction of sp³-hybridized carbons (Fsp3) is 0.200. The average molecular weight is 250 g/mol. The molecule has 0 radical (unpaired) electrons. The normalized spacial score (nSPS) is 10.3. The van der Waals surface area contributed by atoms with Crippen LogP contribution in [0.2, 0.25) is 0 Å². The minimum Gasteiger partial charge on any atom is -0.506 e. The van der Waals surface area contributed by atoms with E-state index < -0.39 is 0 Å². The molecule has 2 aromatic rings. The summed E-state index contributed by atoms with van der Waals surface area (Å²) < 4.78 is 0. The third-order valence-electron chi connectivity index (χ3n) is 2.35. The Kier molecular flexibility index (Phi) is 3.20. The molecule has 0 atom stereocenters. The molecule has 0 aliphatic heterocycles. The molecule has 0 saturated carbocycles. The molecule has 1 heterocycles. The number of anilines is 4. The Bertz CT molecular complexity index is 541. The van der Waals surface area contributed by atoms with Gasteiger partial charge in [-0.3, -0.25) is 9.90 Å². The Morgan fingerprint density at radius 1 is 1.50 bits per heavy atom. The van der Waals surface area contributed by atoms with Crippen molar-refractivity contribution in [2.24, 2.45) is 0 Å². The van der Waals surface area contributed by atoms with Gasteiger partial charge in [0.2, 0.25) is 11.9 Å². The molecular formula is C10H14N6O2. The predicted octanol–water partition coefficient (Wildman–Crippen LogP) is 0.834. The summed E-state index contributed by atoms with van der Waals surface area (Å²) >= 11 is 0. The molecule has 2 rings (SSSR count).